The van der Waals surface area contributed by atoms with E-state index in [1.807, 2.05) is 48.5 Å². The van der Waals surface area contributed by atoms with Crippen LogP contribution in [0, 0.1) is 0 Å². The van der Waals surface area contributed by atoms with Crippen LogP contribution < -0.4 is 26.4 Å². The molecule has 0 aliphatic carbocycles. The number of phenolic OH excluding ortho intramolecular Hbond substituents is 1. The summed E-state index contributed by atoms with van der Waals surface area (Å²) in [6, 6.07) is 22.3. The molecule has 4 heterocycles. The number of carbonyl (C=O) groups excluding carboxylic acids is 2. The predicted molar refractivity (Wildman–Crippen MR) is 190 cm³/mol. The number of fused-ring (bicyclic) bond motifs is 1. The number of piperazine rings is 1. The Balaban J connectivity index is 0.913. The summed E-state index contributed by atoms with van der Waals surface area (Å²) in [5.74, 6) is 0.610. The van der Waals surface area contributed by atoms with E-state index in [0.29, 0.717) is 35.6 Å². The van der Waals surface area contributed by atoms with E-state index in [2.05, 4.69) is 37.4 Å². The van der Waals surface area contributed by atoms with Gasteiger partial charge in [0, 0.05) is 51.8 Å². The van der Waals surface area contributed by atoms with Crippen LogP contribution in [0.3, 0.4) is 0 Å². The molecule has 2 aromatic heterocycles. The first-order valence-electron chi connectivity index (χ1n) is 16.9. The molecule has 258 valence electrons. The molecule has 7 rings (SSSR count). The molecule has 50 heavy (non-hydrogen) atoms. The van der Waals surface area contributed by atoms with Crippen molar-refractivity contribution in [2.45, 2.75) is 38.3 Å². The van der Waals surface area contributed by atoms with Gasteiger partial charge in [-0.25, -0.2) is 4.79 Å². The average molecular weight is 677 g/mol. The number of hydrogen-bond acceptors (Lipinski definition) is 10. The van der Waals surface area contributed by atoms with Gasteiger partial charge in [0.05, 0.1) is 29.0 Å². The number of hydrogen-bond donors (Lipinski definition) is 3. The van der Waals surface area contributed by atoms with Gasteiger partial charge in [0.2, 0.25) is 11.8 Å². The molecule has 5 aromatic rings. The average Bonchev–Trinajstić information content (AvgIpc) is 3.36. The van der Waals surface area contributed by atoms with Crippen LogP contribution in [0.25, 0.3) is 22.3 Å². The normalized spacial score (nSPS) is 16.9. The van der Waals surface area contributed by atoms with Crippen molar-refractivity contribution in [2.24, 2.45) is 7.05 Å². The minimum Gasteiger partial charge on any atom is -0.507 e. The predicted octanol–water partition coefficient (Wildman–Crippen LogP) is 3.40. The van der Waals surface area contributed by atoms with Crippen LogP contribution in [0.5, 0.6) is 11.5 Å². The molecule has 2 amide bonds. The summed E-state index contributed by atoms with van der Waals surface area (Å²) in [5, 5.41) is 21.0. The summed E-state index contributed by atoms with van der Waals surface area (Å²) in [4.78, 5) is 41.8. The van der Waals surface area contributed by atoms with Crippen LogP contribution in [0.4, 0.5) is 11.5 Å². The van der Waals surface area contributed by atoms with E-state index in [1.54, 1.807) is 23.7 Å². The fraction of sp³-hybridized carbons (Fsp3) is 0.324. The van der Waals surface area contributed by atoms with Gasteiger partial charge in [0.25, 0.3) is 0 Å². The third kappa shape index (κ3) is 6.77. The third-order valence-corrected chi connectivity index (χ3v) is 9.55. The smallest absolute Gasteiger partial charge is 0.329 e. The fourth-order valence-corrected chi connectivity index (χ4v) is 6.87. The number of nitrogen functional groups attached to an aromatic ring is 1. The Labute approximate surface area is 288 Å². The molecule has 1 unspecified atom stereocenters. The number of rotatable bonds is 10. The number of para-hydroxylation sites is 1. The second-order valence-electron chi connectivity index (χ2n) is 12.9. The van der Waals surface area contributed by atoms with Crippen LogP contribution in [0.2, 0.25) is 0 Å². The maximum atomic E-state index is 13.1. The standard InChI is InChI=1S/C37H40N8O5/c1-42-31-21-24(11-12-29(31)45(37(42)49)30-13-14-34(47)39-36(30)48)7-5-19-50-26-8-4-6-25(20-26)23-43-15-17-44(18-16-43)32-22-28(40-41-35(32)38)27-9-2-3-10-33(27)46/h2-4,6,8-12,20-22,30,46H,5,7,13-19,23H2,1H3,(H2,38,41)(H,39,47,48). The van der Waals surface area contributed by atoms with Crippen molar-refractivity contribution in [1.82, 2.24) is 29.5 Å². The number of aromatic nitrogens is 4. The number of piperidine rings is 1. The van der Waals surface area contributed by atoms with E-state index in [0.717, 1.165) is 68.1 Å². The third-order valence-electron chi connectivity index (χ3n) is 9.55. The number of phenols is 1. The second kappa shape index (κ2) is 14.0. The molecule has 2 fully saturated rings. The molecule has 0 radical (unpaired) electrons. The zero-order valence-electron chi connectivity index (χ0n) is 27.9. The Hall–Kier alpha value is -5.69. The highest BCUT2D eigenvalue weighted by molar-refractivity contribution is 6.00. The van der Waals surface area contributed by atoms with E-state index in [4.69, 9.17) is 10.5 Å². The Morgan fingerprint density at radius 1 is 0.920 bits per heavy atom. The quantitative estimate of drug-likeness (QED) is 0.148. The summed E-state index contributed by atoms with van der Waals surface area (Å²) >= 11 is 0. The number of aryl methyl sites for hydroxylation is 2. The highest BCUT2D eigenvalue weighted by Crippen LogP contribution is 2.32. The van der Waals surface area contributed by atoms with Crippen molar-refractivity contribution in [3.63, 3.8) is 0 Å². The van der Waals surface area contributed by atoms with Gasteiger partial charge in [0.1, 0.15) is 17.5 Å². The summed E-state index contributed by atoms with van der Waals surface area (Å²) in [6.07, 6.45) is 2.08. The number of anilines is 2. The number of imide groups is 1. The largest absolute Gasteiger partial charge is 0.507 e. The number of nitrogens with two attached hydrogens (primary N) is 1. The zero-order valence-corrected chi connectivity index (χ0v) is 27.9. The summed E-state index contributed by atoms with van der Waals surface area (Å²) < 4.78 is 9.19. The van der Waals surface area contributed by atoms with Crippen molar-refractivity contribution in [1.29, 1.82) is 0 Å². The number of benzene rings is 3. The summed E-state index contributed by atoms with van der Waals surface area (Å²) in [7, 11) is 1.70. The maximum Gasteiger partial charge on any atom is 0.329 e. The molecule has 1 atom stereocenters. The lowest BCUT2D eigenvalue weighted by atomic mass is 10.1. The van der Waals surface area contributed by atoms with Crippen molar-refractivity contribution in [3.05, 3.63) is 94.4 Å². The highest BCUT2D eigenvalue weighted by atomic mass is 16.5. The monoisotopic (exact) mass is 676 g/mol. The van der Waals surface area contributed by atoms with E-state index < -0.39 is 11.9 Å². The van der Waals surface area contributed by atoms with Crippen LogP contribution in [0.15, 0.2) is 77.6 Å². The molecular formula is C37H40N8O5. The number of ether oxygens (including phenoxy) is 1. The van der Waals surface area contributed by atoms with Crippen LogP contribution in [-0.2, 0) is 29.6 Å². The molecule has 13 heteroatoms. The number of nitrogens with one attached hydrogen (secondary N) is 1. The van der Waals surface area contributed by atoms with Gasteiger partial charge < -0.3 is 20.5 Å². The van der Waals surface area contributed by atoms with Crippen molar-refractivity contribution in [3.8, 4) is 22.8 Å². The first-order valence-corrected chi connectivity index (χ1v) is 16.9. The van der Waals surface area contributed by atoms with Crippen molar-refractivity contribution >= 4 is 34.4 Å². The molecule has 2 saturated heterocycles. The minimum absolute atomic E-state index is 0.154. The molecular weight excluding hydrogens is 636 g/mol. The molecule has 0 bridgehead atoms. The highest BCUT2D eigenvalue weighted by Gasteiger charge is 2.31. The van der Waals surface area contributed by atoms with Gasteiger partial charge in [0.15, 0.2) is 5.82 Å². The van der Waals surface area contributed by atoms with Crippen LogP contribution >= 0.6 is 0 Å². The lowest BCUT2D eigenvalue weighted by molar-refractivity contribution is -0.135. The Morgan fingerprint density at radius 3 is 2.54 bits per heavy atom. The number of nitrogens with zero attached hydrogens (tertiary/aromatic N) is 6. The van der Waals surface area contributed by atoms with E-state index in [-0.39, 0.29) is 23.8 Å². The second-order valence-corrected chi connectivity index (χ2v) is 12.9. The minimum atomic E-state index is -0.696. The van der Waals surface area contributed by atoms with E-state index in [9.17, 15) is 19.5 Å². The summed E-state index contributed by atoms with van der Waals surface area (Å²) in [6.45, 7) is 4.62. The van der Waals surface area contributed by atoms with Crippen LogP contribution in [-0.4, -0.2) is 73.9 Å². The summed E-state index contributed by atoms with van der Waals surface area (Å²) in [5.41, 5.74) is 11.7. The van der Waals surface area contributed by atoms with Gasteiger partial charge >= 0.3 is 5.69 Å². The van der Waals surface area contributed by atoms with Gasteiger partial charge in [-0.15, -0.1) is 10.2 Å². The number of carbonyl (C=O) groups is 2. The Bertz CT molecular complexity index is 2120. The molecule has 2 aliphatic heterocycles. The molecule has 4 N–H and O–H groups in total. The Morgan fingerprint density at radius 2 is 1.74 bits per heavy atom. The fourth-order valence-electron chi connectivity index (χ4n) is 6.87. The lowest BCUT2D eigenvalue weighted by Gasteiger charge is -2.36. The molecule has 0 saturated carbocycles. The molecule has 0 spiro atoms. The molecule has 13 nitrogen and oxygen atoms in total. The Kier molecular flexibility index (Phi) is 9.22. The van der Waals surface area contributed by atoms with Crippen molar-refractivity contribution in [2.75, 3.05) is 43.4 Å². The maximum absolute atomic E-state index is 13.1. The molecule has 3 aromatic carbocycles. The SMILES string of the molecule is Cn1c(=O)n(C2CCC(=O)NC2=O)c2ccc(CCCOc3cccc(CN4CCN(c5cc(-c6ccccc6O)nnc5N)CC4)c3)cc21. The van der Waals surface area contributed by atoms with E-state index >= 15 is 0 Å². The first kappa shape index (κ1) is 32.8. The zero-order chi connectivity index (χ0) is 34.8. The topological polar surface area (TPSA) is 161 Å². The van der Waals surface area contributed by atoms with Gasteiger partial charge in [-0.1, -0.05) is 30.3 Å². The number of aromatic hydroxyl groups is 1. The van der Waals surface area contributed by atoms with E-state index in [1.165, 1.54) is 10.1 Å². The molecule has 2 aliphatic rings. The van der Waals surface area contributed by atoms with Gasteiger partial charge in [-0.2, -0.15) is 0 Å². The van der Waals surface area contributed by atoms with Crippen molar-refractivity contribution < 1.29 is 19.4 Å². The first-order chi connectivity index (χ1) is 24.2. The van der Waals surface area contributed by atoms with Crippen LogP contribution in [0.1, 0.15) is 36.4 Å². The van der Waals surface area contributed by atoms with Gasteiger partial charge in [-0.05, 0) is 72.9 Å². The lowest BCUT2D eigenvalue weighted by Crippen LogP contribution is -2.46. The number of amides is 2. The number of imidazole rings is 1. The van der Waals surface area contributed by atoms with Gasteiger partial charge in [-0.3, -0.25) is 28.9 Å².